The molecule has 2 heterocycles. The number of carbonyl (C=O) groups excluding carboxylic acids is 1. The van der Waals surface area contributed by atoms with Crippen LogP contribution < -0.4 is 0 Å². The van der Waals surface area contributed by atoms with Crippen molar-refractivity contribution in [1.82, 2.24) is 0 Å². The number of carbonyl (C=O) groups is 1. The molecule has 7 heteroatoms. The number of aliphatic hydroxyl groups is 1. The highest BCUT2D eigenvalue weighted by Gasteiger charge is 2.43. The van der Waals surface area contributed by atoms with Gasteiger partial charge in [-0.3, -0.25) is 0 Å². The van der Waals surface area contributed by atoms with E-state index in [0.717, 1.165) is 65.9 Å². The summed E-state index contributed by atoms with van der Waals surface area (Å²) in [4.78, 5) is 10.5. The van der Waals surface area contributed by atoms with Gasteiger partial charge < -0.3 is 19.4 Å². The summed E-state index contributed by atoms with van der Waals surface area (Å²) in [6.07, 6.45) is 11.9. The Balaban J connectivity index is 1.50. The van der Waals surface area contributed by atoms with Gasteiger partial charge in [0, 0.05) is 30.1 Å². The summed E-state index contributed by atoms with van der Waals surface area (Å²) in [7, 11) is 0. The van der Waals surface area contributed by atoms with Crippen LogP contribution in [0.5, 0.6) is 0 Å². The number of hydrogen-bond acceptors (Lipinski definition) is 5. The van der Waals surface area contributed by atoms with E-state index in [1.54, 1.807) is 12.1 Å². The van der Waals surface area contributed by atoms with E-state index in [1.165, 1.54) is 0 Å². The molecule has 1 aliphatic heterocycles. The van der Waals surface area contributed by atoms with Crippen LogP contribution in [0.3, 0.4) is 0 Å². The standard InChI is InChI=1S/C28H34F2O4S/c29-28(30,26-18-20-10-5-6-12-25(20)35-26)15-14-22-21(11-4-2-1-3-8-16-31)23(32)19-24(22)34-27-13-7-9-17-33-27/h2,4-6,10,12,14-16,18,21-24,27,32H,1,3,7-9,11,13,17,19H2/b4-2-,15-14+/t21-,22-,23+,24-,27?/m1/s1. The fourth-order valence-electron chi connectivity index (χ4n) is 4.99. The van der Waals surface area contributed by atoms with E-state index < -0.39 is 12.0 Å². The molecule has 0 radical (unpaired) electrons. The van der Waals surface area contributed by atoms with Gasteiger partial charge in [0.1, 0.15) is 6.29 Å². The highest BCUT2D eigenvalue weighted by Crippen LogP contribution is 2.42. The Morgan fingerprint density at radius 1 is 1.20 bits per heavy atom. The third-order valence-electron chi connectivity index (χ3n) is 6.91. The summed E-state index contributed by atoms with van der Waals surface area (Å²) < 4.78 is 43.2. The molecule has 1 aromatic heterocycles. The maximum absolute atomic E-state index is 15.2. The Morgan fingerprint density at radius 3 is 2.83 bits per heavy atom. The zero-order valence-electron chi connectivity index (χ0n) is 19.9. The number of ether oxygens (including phenoxy) is 2. The van der Waals surface area contributed by atoms with E-state index >= 15 is 8.78 Å². The van der Waals surface area contributed by atoms with Crippen LogP contribution in [-0.2, 0) is 20.2 Å². The van der Waals surface area contributed by atoms with E-state index in [-0.39, 0.29) is 29.1 Å². The zero-order valence-corrected chi connectivity index (χ0v) is 20.7. The summed E-state index contributed by atoms with van der Waals surface area (Å²) in [6.45, 7) is 0.636. The monoisotopic (exact) mass is 504 g/mol. The van der Waals surface area contributed by atoms with Gasteiger partial charge in [-0.05, 0) is 68.0 Å². The minimum Gasteiger partial charge on any atom is -0.393 e. The number of aliphatic hydroxyl groups excluding tert-OH is 1. The normalized spacial score (nSPS) is 27.9. The average Bonchev–Trinajstić information content (AvgIpc) is 3.42. The Labute approximate surface area is 209 Å². The first-order valence-electron chi connectivity index (χ1n) is 12.6. The van der Waals surface area contributed by atoms with E-state index in [2.05, 4.69) is 0 Å². The number of aldehydes is 1. The number of thiophene rings is 1. The highest BCUT2D eigenvalue weighted by molar-refractivity contribution is 7.19. The molecule has 1 N–H and O–H groups in total. The SMILES string of the molecule is O=CCCC/C=C\C[C@@H]1[C@@H](/C=C/C(F)(F)c2cc3ccccc3s2)[C@H](OC2CCCCO2)C[C@@H]1O. The lowest BCUT2D eigenvalue weighted by molar-refractivity contribution is -0.193. The van der Waals surface area contributed by atoms with E-state index in [9.17, 15) is 9.90 Å². The number of allylic oxidation sites excluding steroid dienone is 3. The lowest BCUT2D eigenvalue weighted by Crippen LogP contribution is -2.30. The topological polar surface area (TPSA) is 55.8 Å². The minimum atomic E-state index is -3.11. The molecule has 1 unspecified atom stereocenters. The van der Waals surface area contributed by atoms with Crippen molar-refractivity contribution in [1.29, 1.82) is 0 Å². The molecule has 2 aromatic rings. The van der Waals surface area contributed by atoms with Gasteiger partial charge in [0.05, 0.1) is 17.1 Å². The van der Waals surface area contributed by atoms with Crippen molar-refractivity contribution >= 4 is 27.7 Å². The van der Waals surface area contributed by atoms with Crippen molar-refractivity contribution in [2.75, 3.05) is 6.61 Å². The van der Waals surface area contributed by atoms with Gasteiger partial charge >= 0.3 is 5.92 Å². The predicted octanol–water partition coefficient (Wildman–Crippen LogP) is 6.77. The smallest absolute Gasteiger partial charge is 0.300 e. The third-order valence-corrected chi connectivity index (χ3v) is 8.11. The fourth-order valence-corrected chi connectivity index (χ4v) is 6.01. The van der Waals surface area contributed by atoms with Crippen LogP contribution in [0, 0.1) is 11.8 Å². The van der Waals surface area contributed by atoms with Crippen molar-refractivity contribution in [3.05, 3.63) is 59.5 Å². The van der Waals surface area contributed by atoms with Crippen molar-refractivity contribution in [2.45, 2.75) is 75.8 Å². The lowest BCUT2D eigenvalue weighted by Gasteiger charge is -2.29. The first-order valence-corrected chi connectivity index (χ1v) is 13.4. The van der Waals surface area contributed by atoms with Crippen molar-refractivity contribution in [3.8, 4) is 0 Å². The number of benzene rings is 1. The highest BCUT2D eigenvalue weighted by atomic mass is 32.1. The molecule has 2 aliphatic rings. The molecule has 4 rings (SSSR count). The number of halogens is 2. The molecule has 1 aliphatic carbocycles. The van der Waals surface area contributed by atoms with Crippen LogP contribution in [-0.4, -0.2) is 36.5 Å². The van der Waals surface area contributed by atoms with Crippen LogP contribution in [0.25, 0.3) is 10.1 Å². The summed E-state index contributed by atoms with van der Waals surface area (Å²) in [5, 5.41) is 11.6. The molecular weight excluding hydrogens is 470 g/mol. The number of fused-ring (bicyclic) bond motifs is 1. The largest absolute Gasteiger partial charge is 0.393 e. The van der Waals surface area contributed by atoms with Crippen molar-refractivity contribution in [2.24, 2.45) is 11.8 Å². The minimum absolute atomic E-state index is 0.00759. The molecular formula is C28H34F2O4S. The quantitative estimate of drug-likeness (QED) is 0.208. The maximum Gasteiger partial charge on any atom is 0.300 e. The van der Waals surface area contributed by atoms with E-state index in [4.69, 9.17) is 9.47 Å². The van der Waals surface area contributed by atoms with E-state index in [1.807, 2.05) is 36.4 Å². The Morgan fingerprint density at radius 2 is 2.06 bits per heavy atom. The summed E-state index contributed by atoms with van der Waals surface area (Å²) in [6, 6.07) is 8.94. The fraction of sp³-hybridized carbons (Fsp3) is 0.536. The number of rotatable bonds is 11. The predicted molar refractivity (Wildman–Crippen MR) is 135 cm³/mol. The van der Waals surface area contributed by atoms with Crippen LogP contribution in [0.2, 0.25) is 0 Å². The molecule has 1 saturated carbocycles. The molecule has 1 saturated heterocycles. The molecule has 1 aromatic carbocycles. The molecule has 35 heavy (non-hydrogen) atoms. The Hall–Kier alpha value is -1.93. The van der Waals surface area contributed by atoms with Crippen LogP contribution >= 0.6 is 11.3 Å². The van der Waals surface area contributed by atoms with Gasteiger partial charge in [-0.2, -0.15) is 8.78 Å². The van der Waals surface area contributed by atoms with Crippen LogP contribution in [0.15, 0.2) is 54.6 Å². The summed E-state index contributed by atoms with van der Waals surface area (Å²) >= 11 is 1.10. The number of hydrogen-bond donors (Lipinski definition) is 1. The van der Waals surface area contributed by atoms with Gasteiger partial charge in [0.15, 0.2) is 6.29 Å². The molecule has 0 spiro atoms. The van der Waals surface area contributed by atoms with Crippen LogP contribution in [0.4, 0.5) is 8.78 Å². The van der Waals surface area contributed by atoms with Crippen LogP contribution in [0.1, 0.15) is 56.2 Å². The van der Waals surface area contributed by atoms with Gasteiger partial charge in [-0.15, -0.1) is 11.3 Å². The molecule has 5 atom stereocenters. The molecule has 2 fully saturated rings. The first kappa shape index (κ1) is 26.1. The first-order chi connectivity index (χ1) is 17.0. The molecule has 190 valence electrons. The van der Waals surface area contributed by atoms with Gasteiger partial charge in [-0.1, -0.05) is 36.4 Å². The second kappa shape index (κ2) is 12.3. The lowest BCUT2D eigenvalue weighted by atomic mass is 9.89. The van der Waals surface area contributed by atoms with Crippen molar-refractivity contribution in [3.63, 3.8) is 0 Å². The number of unbranched alkanes of at least 4 members (excludes halogenated alkanes) is 2. The summed E-state index contributed by atoms with van der Waals surface area (Å²) in [5.41, 5.74) is 0. The van der Waals surface area contributed by atoms with Gasteiger partial charge in [-0.25, -0.2) is 0 Å². The van der Waals surface area contributed by atoms with Gasteiger partial charge in [0.25, 0.3) is 0 Å². The summed E-state index contributed by atoms with van der Waals surface area (Å²) in [5.74, 6) is -3.69. The molecule has 0 amide bonds. The zero-order chi connectivity index (χ0) is 24.7. The number of alkyl halides is 2. The molecule has 0 bridgehead atoms. The average molecular weight is 505 g/mol. The Bertz CT molecular complexity index is 978. The molecule has 4 nitrogen and oxygen atoms in total. The second-order valence-corrected chi connectivity index (χ2v) is 10.5. The van der Waals surface area contributed by atoms with Crippen molar-refractivity contribution < 1.29 is 28.2 Å². The third kappa shape index (κ3) is 6.85. The maximum atomic E-state index is 15.2. The van der Waals surface area contributed by atoms with Gasteiger partial charge in [0.2, 0.25) is 0 Å². The Kier molecular flexibility index (Phi) is 9.22. The second-order valence-electron chi connectivity index (χ2n) is 9.45. The van der Waals surface area contributed by atoms with E-state index in [0.29, 0.717) is 25.9 Å².